The normalized spacial score (nSPS) is 19.1. The van der Waals surface area contributed by atoms with Crippen molar-refractivity contribution in [2.75, 3.05) is 6.54 Å². The number of rotatable bonds is 5. The number of nitrogens with one attached hydrogen (secondary N) is 1. The minimum absolute atomic E-state index is 0.155. The van der Waals surface area contributed by atoms with Crippen LogP contribution in [0.2, 0.25) is 0 Å². The molecule has 2 saturated carbocycles. The molecule has 1 aromatic heterocycles. The van der Waals surface area contributed by atoms with Gasteiger partial charge in [-0.1, -0.05) is 38.5 Å². The first kappa shape index (κ1) is 19.7. The van der Waals surface area contributed by atoms with Gasteiger partial charge in [-0.25, -0.2) is 4.79 Å². The van der Waals surface area contributed by atoms with Crippen LogP contribution in [0.4, 0.5) is 0 Å². The molecule has 0 aromatic carbocycles. The highest BCUT2D eigenvalue weighted by Crippen LogP contribution is 2.30. The van der Waals surface area contributed by atoms with E-state index in [1.54, 1.807) is 6.92 Å². The third-order valence-electron chi connectivity index (χ3n) is 6.02. The van der Waals surface area contributed by atoms with Crippen LogP contribution < -0.4 is 16.6 Å². The lowest BCUT2D eigenvalue weighted by Gasteiger charge is -2.27. The molecular formula is C20H31N3O4. The summed E-state index contributed by atoms with van der Waals surface area (Å²) in [7, 11) is 0. The molecule has 2 aliphatic carbocycles. The molecule has 2 fully saturated rings. The monoisotopic (exact) mass is 377 g/mol. The molecule has 7 heteroatoms. The lowest BCUT2D eigenvalue weighted by Crippen LogP contribution is -2.46. The van der Waals surface area contributed by atoms with Crippen molar-refractivity contribution in [3.05, 3.63) is 26.4 Å². The van der Waals surface area contributed by atoms with Crippen molar-refractivity contribution in [2.45, 2.75) is 83.7 Å². The van der Waals surface area contributed by atoms with E-state index in [-0.39, 0.29) is 17.5 Å². The Kier molecular flexibility index (Phi) is 6.39. The quantitative estimate of drug-likeness (QED) is 0.825. The van der Waals surface area contributed by atoms with Crippen LogP contribution in [0.1, 0.15) is 87.5 Å². The molecule has 0 radical (unpaired) electrons. The highest BCUT2D eigenvalue weighted by Gasteiger charge is 2.29. The van der Waals surface area contributed by atoms with E-state index in [0.717, 1.165) is 57.8 Å². The molecule has 0 unspecified atom stereocenters. The summed E-state index contributed by atoms with van der Waals surface area (Å²) in [5.74, 6) is -0.805. The summed E-state index contributed by atoms with van der Waals surface area (Å²) in [5, 5.41) is 13.3. The Balaban J connectivity index is 2.09. The fourth-order valence-corrected chi connectivity index (χ4v) is 4.56. The van der Waals surface area contributed by atoms with Crippen LogP contribution in [0.15, 0.2) is 9.59 Å². The predicted molar refractivity (Wildman–Crippen MR) is 103 cm³/mol. The molecule has 1 heterocycles. The highest BCUT2D eigenvalue weighted by atomic mass is 16.3. The van der Waals surface area contributed by atoms with Gasteiger partial charge < -0.3 is 10.4 Å². The molecule has 2 aliphatic rings. The number of hydrogen-bond acceptors (Lipinski definition) is 4. The standard InChI is InChI=1S/C20H31N3O4/c1-2-21-17(24)16-18(25)22(13-14-9-5-3-6-10-14)20(27)23(19(16)26)15-11-7-4-8-12-15/h14-15,26H,2-13H2,1H3,(H,21,24). The Hall–Kier alpha value is -2.05. The molecule has 1 aromatic rings. The summed E-state index contributed by atoms with van der Waals surface area (Å²) in [4.78, 5) is 38.6. The molecule has 2 N–H and O–H groups in total. The molecule has 0 aliphatic heterocycles. The van der Waals surface area contributed by atoms with Gasteiger partial charge in [0.25, 0.3) is 11.5 Å². The van der Waals surface area contributed by atoms with Gasteiger partial charge >= 0.3 is 5.69 Å². The Bertz CT molecular complexity index is 784. The second-order valence-corrected chi connectivity index (χ2v) is 7.92. The van der Waals surface area contributed by atoms with E-state index in [0.29, 0.717) is 13.1 Å². The van der Waals surface area contributed by atoms with Gasteiger partial charge in [0.05, 0.1) is 0 Å². The highest BCUT2D eigenvalue weighted by molar-refractivity contribution is 5.95. The minimum Gasteiger partial charge on any atom is -0.494 e. The maximum absolute atomic E-state index is 13.2. The fraction of sp³-hybridized carbons (Fsp3) is 0.750. The second-order valence-electron chi connectivity index (χ2n) is 7.92. The Morgan fingerprint density at radius 1 is 1.04 bits per heavy atom. The summed E-state index contributed by atoms with van der Waals surface area (Å²) < 4.78 is 2.52. The number of carbonyl (C=O) groups is 1. The zero-order valence-corrected chi connectivity index (χ0v) is 16.2. The van der Waals surface area contributed by atoms with Crippen LogP contribution in [0, 0.1) is 5.92 Å². The molecule has 3 rings (SSSR count). The lowest BCUT2D eigenvalue weighted by atomic mass is 9.89. The van der Waals surface area contributed by atoms with Gasteiger partial charge in [-0.05, 0) is 38.5 Å². The van der Waals surface area contributed by atoms with Crippen LogP contribution in [0.5, 0.6) is 5.88 Å². The maximum Gasteiger partial charge on any atom is 0.334 e. The number of nitrogens with zero attached hydrogens (tertiary/aromatic N) is 2. The smallest absolute Gasteiger partial charge is 0.334 e. The molecule has 0 bridgehead atoms. The first-order valence-corrected chi connectivity index (χ1v) is 10.4. The van der Waals surface area contributed by atoms with Crippen molar-refractivity contribution in [3.8, 4) is 5.88 Å². The zero-order chi connectivity index (χ0) is 19.4. The lowest BCUT2D eigenvalue weighted by molar-refractivity contribution is 0.0947. The van der Waals surface area contributed by atoms with E-state index in [2.05, 4.69) is 5.32 Å². The van der Waals surface area contributed by atoms with Crippen molar-refractivity contribution in [3.63, 3.8) is 0 Å². The topological polar surface area (TPSA) is 93.3 Å². The van der Waals surface area contributed by atoms with Crippen LogP contribution in [0.3, 0.4) is 0 Å². The SMILES string of the molecule is CCNC(=O)c1c(O)n(C2CCCCC2)c(=O)n(CC2CCCCC2)c1=O. The van der Waals surface area contributed by atoms with Gasteiger partial charge in [0, 0.05) is 19.1 Å². The van der Waals surface area contributed by atoms with E-state index in [9.17, 15) is 19.5 Å². The Labute approximate surface area is 159 Å². The van der Waals surface area contributed by atoms with Crippen LogP contribution in [-0.2, 0) is 6.54 Å². The van der Waals surface area contributed by atoms with E-state index in [1.165, 1.54) is 15.6 Å². The number of hydrogen-bond donors (Lipinski definition) is 2. The van der Waals surface area contributed by atoms with Gasteiger partial charge in [0.1, 0.15) is 0 Å². The first-order chi connectivity index (χ1) is 13.0. The first-order valence-electron chi connectivity index (χ1n) is 10.4. The number of aromatic hydroxyl groups is 1. The van der Waals surface area contributed by atoms with Crippen molar-refractivity contribution in [1.29, 1.82) is 0 Å². The zero-order valence-electron chi connectivity index (χ0n) is 16.2. The van der Waals surface area contributed by atoms with Gasteiger partial charge in [-0.2, -0.15) is 0 Å². The predicted octanol–water partition coefficient (Wildman–Crippen LogP) is 2.55. The summed E-state index contributed by atoms with van der Waals surface area (Å²) in [6.07, 6.45) is 10.0. The summed E-state index contributed by atoms with van der Waals surface area (Å²) in [6, 6.07) is -0.155. The third kappa shape index (κ3) is 4.12. The van der Waals surface area contributed by atoms with E-state index in [1.807, 2.05) is 0 Å². The van der Waals surface area contributed by atoms with Gasteiger partial charge in [0.15, 0.2) is 5.56 Å². The summed E-state index contributed by atoms with van der Waals surface area (Å²) in [5.41, 5.74) is -1.43. The number of aromatic nitrogens is 2. The van der Waals surface area contributed by atoms with Crippen LogP contribution in [0.25, 0.3) is 0 Å². The van der Waals surface area contributed by atoms with Crippen molar-refractivity contribution in [2.24, 2.45) is 5.92 Å². The van der Waals surface area contributed by atoms with Gasteiger partial charge in [0.2, 0.25) is 5.88 Å². The van der Waals surface area contributed by atoms with Crippen LogP contribution in [-0.4, -0.2) is 26.7 Å². The van der Waals surface area contributed by atoms with E-state index in [4.69, 9.17) is 0 Å². The van der Waals surface area contributed by atoms with Gasteiger partial charge in [-0.15, -0.1) is 0 Å². The third-order valence-corrected chi connectivity index (χ3v) is 6.02. The van der Waals surface area contributed by atoms with Gasteiger partial charge in [-0.3, -0.25) is 18.7 Å². The van der Waals surface area contributed by atoms with Crippen LogP contribution >= 0.6 is 0 Å². The maximum atomic E-state index is 13.2. The van der Waals surface area contributed by atoms with E-state index < -0.39 is 23.0 Å². The average molecular weight is 377 g/mol. The minimum atomic E-state index is -0.666. The molecule has 7 nitrogen and oxygen atoms in total. The molecule has 27 heavy (non-hydrogen) atoms. The second kappa shape index (κ2) is 8.76. The fourth-order valence-electron chi connectivity index (χ4n) is 4.56. The molecule has 0 saturated heterocycles. The summed E-state index contributed by atoms with van der Waals surface area (Å²) in [6.45, 7) is 2.44. The van der Waals surface area contributed by atoms with Crippen molar-refractivity contribution in [1.82, 2.24) is 14.5 Å². The van der Waals surface area contributed by atoms with Crippen molar-refractivity contribution < 1.29 is 9.90 Å². The number of amides is 1. The molecule has 150 valence electrons. The molecular weight excluding hydrogens is 346 g/mol. The van der Waals surface area contributed by atoms with E-state index >= 15 is 0 Å². The molecule has 0 spiro atoms. The summed E-state index contributed by atoms with van der Waals surface area (Å²) >= 11 is 0. The average Bonchev–Trinajstić information content (AvgIpc) is 2.67. The molecule has 1 amide bonds. The van der Waals surface area contributed by atoms with Crippen molar-refractivity contribution >= 4 is 5.91 Å². The Morgan fingerprint density at radius 3 is 2.22 bits per heavy atom. The molecule has 0 atom stereocenters. The number of carbonyl (C=O) groups excluding carboxylic acids is 1. The Morgan fingerprint density at radius 2 is 1.63 bits per heavy atom. The largest absolute Gasteiger partial charge is 0.494 e.